The maximum absolute atomic E-state index is 9.04. The third-order valence-electron chi connectivity index (χ3n) is 2.32. The molecule has 66 valence electrons. The summed E-state index contributed by atoms with van der Waals surface area (Å²) in [4.78, 5) is 4.25. The van der Waals surface area contributed by atoms with E-state index in [4.69, 9.17) is 5.11 Å². The predicted molar refractivity (Wildman–Crippen MR) is 52.4 cm³/mol. The van der Waals surface area contributed by atoms with Gasteiger partial charge in [0, 0.05) is 11.6 Å². The number of aliphatic hydroxyl groups is 1. The van der Waals surface area contributed by atoms with Gasteiger partial charge < -0.3 is 5.11 Å². The maximum atomic E-state index is 9.04. The fourth-order valence-electron chi connectivity index (χ4n) is 1.48. The van der Waals surface area contributed by atoms with Gasteiger partial charge in [0.05, 0.1) is 12.1 Å². The minimum Gasteiger partial charge on any atom is -0.392 e. The van der Waals surface area contributed by atoms with Crippen LogP contribution in [-0.4, -0.2) is 10.1 Å². The summed E-state index contributed by atoms with van der Waals surface area (Å²) in [5.41, 5.74) is 3.00. The van der Waals surface area contributed by atoms with Gasteiger partial charge >= 0.3 is 0 Å². The van der Waals surface area contributed by atoms with Gasteiger partial charge in [0.1, 0.15) is 0 Å². The summed E-state index contributed by atoms with van der Waals surface area (Å²) in [6.07, 6.45) is 1.73. The summed E-state index contributed by atoms with van der Waals surface area (Å²) in [5, 5.41) is 10.2. The van der Waals surface area contributed by atoms with E-state index in [0.29, 0.717) is 0 Å². The molecule has 0 aliphatic heterocycles. The number of nitrogens with zero attached hydrogens (tertiary/aromatic N) is 1. The molecule has 0 aliphatic rings. The number of aromatic nitrogens is 1. The van der Waals surface area contributed by atoms with Crippen molar-refractivity contribution in [2.45, 2.75) is 13.5 Å². The molecule has 2 rings (SSSR count). The normalized spacial score (nSPS) is 10.6. The first-order valence-electron chi connectivity index (χ1n) is 4.27. The Labute approximate surface area is 76.9 Å². The molecule has 2 heteroatoms. The molecule has 0 saturated heterocycles. The van der Waals surface area contributed by atoms with Gasteiger partial charge in [0.25, 0.3) is 0 Å². The summed E-state index contributed by atoms with van der Waals surface area (Å²) < 4.78 is 0. The topological polar surface area (TPSA) is 33.1 Å². The van der Waals surface area contributed by atoms with Crippen LogP contribution >= 0.6 is 0 Å². The van der Waals surface area contributed by atoms with Gasteiger partial charge in [0.2, 0.25) is 0 Å². The van der Waals surface area contributed by atoms with Crippen LogP contribution in [0.2, 0.25) is 0 Å². The number of para-hydroxylation sites is 1. The molecule has 0 saturated carbocycles. The molecule has 2 aromatic rings. The first-order valence-corrected chi connectivity index (χ1v) is 4.27. The lowest BCUT2D eigenvalue weighted by molar-refractivity contribution is 0.281. The molecule has 1 N–H and O–H groups in total. The molecule has 0 radical (unpaired) electrons. The van der Waals surface area contributed by atoms with Gasteiger partial charge in [-0.05, 0) is 24.1 Å². The zero-order valence-electron chi connectivity index (χ0n) is 7.49. The van der Waals surface area contributed by atoms with Crippen molar-refractivity contribution in [2.75, 3.05) is 0 Å². The molecular formula is C11H11NO. The highest BCUT2D eigenvalue weighted by atomic mass is 16.3. The number of pyridine rings is 1. The Balaban J connectivity index is 2.79. The molecule has 0 unspecified atom stereocenters. The number of rotatable bonds is 1. The maximum Gasteiger partial charge on any atom is 0.0704 e. The highest BCUT2D eigenvalue weighted by molar-refractivity contribution is 5.82. The molecule has 0 amide bonds. The molecule has 2 nitrogen and oxygen atoms in total. The molecular weight excluding hydrogens is 162 g/mol. The Morgan fingerprint density at radius 1 is 1.31 bits per heavy atom. The van der Waals surface area contributed by atoms with E-state index in [9.17, 15) is 0 Å². The zero-order chi connectivity index (χ0) is 9.26. The number of hydrogen-bond donors (Lipinski definition) is 1. The molecule has 0 aliphatic carbocycles. The zero-order valence-corrected chi connectivity index (χ0v) is 7.49. The number of benzene rings is 1. The third-order valence-corrected chi connectivity index (χ3v) is 2.32. The van der Waals surface area contributed by atoms with E-state index in [2.05, 4.69) is 4.98 Å². The van der Waals surface area contributed by atoms with Crippen LogP contribution in [0.3, 0.4) is 0 Å². The smallest absolute Gasteiger partial charge is 0.0704 e. The summed E-state index contributed by atoms with van der Waals surface area (Å²) in [7, 11) is 0. The Kier molecular flexibility index (Phi) is 1.99. The highest BCUT2D eigenvalue weighted by Gasteiger charge is 2.01. The number of fused-ring (bicyclic) bond motifs is 1. The van der Waals surface area contributed by atoms with Crippen LogP contribution < -0.4 is 0 Å². The lowest BCUT2D eigenvalue weighted by Gasteiger charge is -2.05. The lowest BCUT2D eigenvalue weighted by atomic mass is 10.1. The Hall–Kier alpha value is -1.41. The highest BCUT2D eigenvalue weighted by Crippen LogP contribution is 2.18. The second-order valence-corrected chi connectivity index (χ2v) is 3.08. The second kappa shape index (κ2) is 3.15. The molecule has 0 atom stereocenters. The van der Waals surface area contributed by atoms with Crippen molar-refractivity contribution in [3.8, 4) is 0 Å². The largest absolute Gasteiger partial charge is 0.392 e. The van der Waals surface area contributed by atoms with Crippen molar-refractivity contribution in [1.82, 2.24) is 4.98 Å². The predicted octanol–water partition coefficient (Wildman–Crippen LogP) is 2.04. The fraction of sp³-hybridized carbons (Fsp3) is 0.182. The number of hydrogen-bond acceptors (Lipinski definition) is 2. The summed E-state index contributed by atoms with van der Waals surface area (Å²) in [6, 6.07) is 7.95. The van der Waals surface area contributed by atoms with Crippen molar-refractivity contribution >= 4 is 10.9 Å². The fourth-order valence-corrected chi connectivity index (χ4v) is 1.48. The quantitative estimate of drug-likeness (QED) is 0.715. The van der Waals surface area contributed by atoms with Gasteiger partial charge in [-0.1, -0.05) is 18.2 Å². The van der Waals surface area contributed by atoms with Crippen molar-refractivity contribution in [2.24, 2.45) is 0 Å². The summed E-state index contributed by atoms with van der Waals surface area (Å²) in [6.45, 7) is 2.07. The molecule has 1 aromatic heterocycles. The first kappa shape index (κ1) is 8.20. The molecule has 13 heavy (non-hydrogen) atoms. The van der Waals surface area contributed by atoms with Gasteiger partial charge in [-0.3, -0.25) is 4.98 Å². The Bertz CT molecular complexity index is 437. The summed E-state index contributed by atoms with van der Waals surface area (Å²) >= 11 is 0. The van der Waals surface area contributed by atoms with E-state index in [1.807, 2.05) is 31.2 Å². The van der Waals surface area contributed by atoms with E-state index >= 15 is 0 Å². The van der Waals surface area contributed by atoms with E-state index in [-0.39, 0.29) is 6.61 Å². The van der Waals surface area contributed by atoms with Crippen molar-refractivity contribution in [3.63, 3.8) is 0 Å². The SMILES string of the molecule is Cc1c(CO)cnc2ccccc12. The standard InChI is InChI=1S/C11H11NO/c1-8-9(7-13)6-12-11-5-3-2-4-10(8)11/h2-6,13H,7H2,1H3. The van der Waals surface area contributed by atoms with E-state index in [1.165, 1.54) is 0 Å². The van der Waals surface area contributed by atoms with Crippen LogP contribution in [0.15, 0.2) is 30.5 Å². The van der Waals surface area contributed by atoms with Gasteiger partial charge in [-0.25, -0.2) is 0 Å². The van der Waals surface area contributed by atoms with Crippen LogP contribution in [0.5, 0.6) is 0 Å². The molecule has 0 spiro atoms. The van der Waals surface area contributed by atoms with Crippen LogP contribution in [0.1, 0.15) is 11.1 Å². The molecule has 0 fully saturated rings. The molecule has 0 bridgehead atoms. The second-order valence-electron chi connectivity index (χ2n) is 3.08. The third kappa shape index (κ3) is 1.29. The van der Waals surface area contributed by atoms with Crippen molar-refractivity contribution in [3.05, 3.63) is 41.6 Å². The molecule has 1 aromatic carbocycles. The lowest BCUT2D eigenvalue weighted by Crippen LogP contribution is -1.92. The number of aliphatic hydroxyl groups excluding tert-OH is 1. The minimum atomic E-state index is 0.0592. The van der Waals surface area contributed by atoms with E-state index < -0.39 is 0 Å². The van der Waals surface area contributed by atoms with Crippen LogP contribution in [0.4, 0.5) is 0 Å². The van der Waals surface area contributed by atoms with Gasteiger partial charge in [-0.15, -0.1) is 0 Å². The Morgan fingerprint density at radius 3 is 2.85 bits per heavy atom. The van der Waals surface area contributed by atoms with Crippen molar-refractivity contribution < 1.29 is 5.11 Å². The minimum absolute atomic E-state index is 0.0592. The number of aryl methyl sites for hydroxylation is 1. The van der Waals surface area contributed by atoms with E-state index in [0.717, 1.165) is 22.0 Å². The van der Waals surface area contributed by atoms with Gasteiger partial charge in [-0.2, -0.15) is 0 Å². The van der Waals surface area contributed by atoms with Crippen LogP contribution in [0.25, 0.3) is 10.9 Å². The average molecular weight is 173 g/mol. The van der Waals surface area contributed by atoms with Gasteiger partial charge in [0.15, 0.2) is 0 Å². The molecule has 1 heterocycles. The monoisotopic (exact) mass is 173 g/mol. The average Bonchev–Trinajstić information content (AvgIpc) is 2.19. The van der Waals surface area contributed by atoms with Crippen molar-refractivity contribution in [1.29, 1.82) is 0 Å². The summed E-state index contributed by atoms with van der Waals surface area (Å²) in [5.74, 6) is 0. The Morgan fingerprint density at radius 2 is 2.08 bits per heavy atom. The van der Waals surface area contributed by atoms with E-state index in [1.54, 1.807) is 6.20 Å². The van der Waals surface area contributed by atoms with Crippen LogP contribution in [0, 0.1) is 6.92 Å². The van der Waals surface area contributed by atoms with Crippen LogP contribution in [-0.2, 0) is 6.61 Å². The first-order chi connectivity index (χ1) is 6.33.